The van der Waals surface area contributed by atoms with Crippen LogP contribution in [0.25, 0.3) is 0 Å². The van der Waals surface area contributed by atoms with Crippen LogP contribution in [-0.2, 0) is 4.74 Å². The molecule has 1 unspecified atom stereocenters. The smallest absolute Gasteiger partial charge is 0.411 e. The maximum atomic E-state index is 11.4. The Morgan fingerprint density at radius 2 is 1.67 bits per heavy atom. The van der Waals surface area contributed by atoms with Gasteiger partial charge in [0.1, 0.15) is 5.75 Å². The molecule has 5 nitrogen and oxygen atoms in total. The fourth-order valence-corrected chi connectivity index (χ4v) is 2.13. The van der Waals surface area contributed by atoms with Crippen molar-refractivity contribution in [2.75, 3.05) is 19.5 Å². The Morgan fingerprint density at radius 1 is 1.05 bits per heavy atom. The van der Waals surface area contributed by atoms with Crippen LogP contribution in [0, 0.1) is 0 Å². The molecule has 0 aliphatic carbocycles. The first-order valence-electron chi connectivity index (χ1n) is 6.49. The number of nitrogens with two attached hydrogens (primary N) is 1. The van der Waals surface area contributed by atoms with Crippen LogP contribution in [0.4, 0.5) is 10.5 Å². The van der Waals surface area contributed by atoms with Gasteiger partial charge in [0.25, 0.3) is 0 Å². The number of carbonyl (C=O) groups excluding carboxylic acids is 1. The van der Waals surface area contributed by atoms with Gasteiger partial charge in [-0.2, -0.15) is 0 Å². The van der Waals surface area contributed by atoms with Gasteiger partial charge in [0.15, 0.2) is 0 Å². The summed E-state index contributed by atoms with van der Waals surface area (Å²) in [6.45, 7) is 0. The molecule has 0 saturated heterocycles. The molecule has 0 radical (unpaired) electrons. The summed E-state index contributed by atoms with van der Waals surface area (Å²) in [5.41, 5.74) is 8.58. The summed E-state index contributed by atoms with van der Waals surface area (Å²) in [6, 6.07) is 14.4. The fraction of sp³-hybridized carbons (Fsp3) is 0.188. The van der Waals surface area contributed by atoms with E-state index in [-0.39, 0.29) is 0 Å². The van der Waals surface area contributed by atoms with Gasteiger partial charge >= 0.3 is 6.09 Å². The molecule has 1 atom stereocenters. The van der Waals surface area contributed by atoms with Gasteiger partial charge in [0.2, 0.25) is 0 Å². The van der Waals surface area contributed by atoms with E-state index >= 15 is 0 Å². The molecule has 2 aromatic rings. The van der Waals surface area contributed by atoms with Crippen LogP contribution < -0.4 is 15.8 Å². The number of ether oxygens (including phenoxy) is 2. The average molecular weight is 286 g/mol. The maximum absolute atomic E-state index is 11.4. The first-order chi connectivity index (χ1) is 10.2. The van der Waals surface area contributed by atoms with Gasteiger partial charge in [0.05, 0.1) is 20.3 Å². The molecule has 110 valence electrons. The van der Waals surface area contributed by atoms with E-state index in [0.29, 0.717) is 11.4 Å². The molecule has 0 heterocycles. The third-order valence-electron chi connectivity index (χ3n) is 3.19. The maximum Gasteiger partial charge on any atom is 0.411 e. The molecular formula is C16H18N2O3. The monoisotopic (exact) mass is 286 g/mol. The molecule has 0 aliphatic heterocycles. The van der Waals surface area contributed by atoms with Crippen molar-refractivity contribution in [3.05, 3.63) is 59.7 Å². The zero-order valence-electron chi connectivity index (χ0n) is 12.0. The second-order valence-electron chi connectivity index (χ2n) is 4.42. The van der Waals surface area contributed by atoms with E-state index < -0.39 is 12.1 Å². The molecule has 0 aliphatic rings. The number of para-hydroxylation sites is 2. The SMILES string of the molecule is COC(=O)Nc1ccccc1C(N)c1ccccc1OC. The number of hydrogen-bond acceptors (Lipinski definition) is 4. The lowest BCUT2D eigenvalue weighted by Gasteiger charge is -2.19. The van der Waals surface area contributed by atoms with Crippen LogP contribution in [-0.4, -0.2) is 20.3 Å². The predicted octanol–water partition coefficient (Wildman–Crippen LogP) is 2.92. The van der Waals surface area contributed by atoms with Gasteiger partial charge in [-0.1, -0.05) is 36.4 Å². The Bertz CT molecular complexity index is 628. The minimum atomic E-state index is -0.533. The summed E-state index contributed by atoms with van der Waals surface area (Å²) in [4.78, 5) is 11.4. The average Bonchev–Trinajstić information content (AvgIpc) is 2.54. The molecule has 1 amide bonds. The van der Waals surface area contributed by atoms with Gasteiger partial charge in [-0.3, -0.25) is 5.32 Å². The van der Waals surface area contributed by atoms with E-state index in [1.165, 1.54) is 7.11 Å². The third kappa shape index (κ3) is 3.32. The highest BCUT2D eigenvalue weighted by atomic mass is 16.5. The van der Waals surface area contributed by atoms with Gasteiger partial charge in [-0.15, -0.1) is 0 Å². The minimum absolute atomic E-state index is 0.422. The molecule has 2 rings (SSSR count). The number of anilines is 1. The Kier molecular flexibility index (Phi) is 4.79. The van der Waals surface area contributed by atoms with Crippen molar-refractivity contribution in [1.82, 2.24) is 0 Å². The lowest BCUT2D eigenvalue weighted by Crippen LogP contribution is -2.18. The molecule has 0 bridgehead atoms. The lowest BCUT2D eigenvalue weighted by atomic mass is 9.97. The second kappa shape index (κ2) is 6.76. The van der Waals surface area contributed by atoms with E-state index in [1.807, 2.05) is 42.5 Å². The van der Waals surface area contributed by atoms with E-state index in [2.05, 4.69) is 10.1 Å². The number of hydrogen-bond donors (Lipinski definition) is 2. The highest BCUT2D eigenvalue weighted by Gasteiger charge is 2.17. The van der Waals surface area contributed by atoms with Crippen molar-refractivity contribution in [2.45, 2.75) is 6.04 Å². The molecule has 5 heteroatoms. The van der Waals surface area contributed by atoms with Crippen molar-refractivity contribution >= 4 is 11.8 Å². The lowest BCUT2D eigenvalue weighted by molar-refractivity contribution is 0.187. The molecule has 2 aromatic carbocycles. The highest BCUT2D eigenvalue weighted by molar-refractivity contribution is 5.85. The Balaban J connectivity index is 2.39. The first-order valence-corrected chi connectivity index (χ1v) is 6.49. The predicted molar refractivity (Wildman–Crippen MR) is 81.5 cm³/mol. The Hall–Kier alpha value is -2.53. The van der Waals surface area contributed by atoms with Crippen molar-refractivity contribution in [1.29, 1.82) is 0 Å². The highest BCUT2D eigenvalue weighted by Crippen LogP contribution is 2.31. The van der Waals surface area contributed by atoms with Crippen molar-refractivity contribution in [3.63, 3.8) is 0 Å². The first kappa shape index (κ1) is 14.9. The zero-order valence-corrected chi connectivity index (χ0v) is 12.0. The van der Waals surface area contributed by atoms with Crippen LogP contribution in [0.5, 0.6) is 5.75 Å². The van der Waals surface area contributed by atoms with Crippen LogP contribution in [0.15, 0.2) is 48.5 Å². The molecule has 21 heavy (non-hydrogen) atoms. The number of methoxy groups -OCH3 is 2. The number of rotatable bonds is 4. The number of nitrogens with one attached hydrogen (secondary N) is 1. The summed E-state index contributed by atoms with van der Waals surface area (Å²) in [5, 5.41) is 2.67. The standard InChI is InChI=1S/C16H18N2O3/c1-20-14-10-6-4-8-12(14)15(17)11-7-3-5-9-13(11)18-16(19)21-2/h3-10,15H,17H2,1-2H3,(H,18,19). The number of amides is 1. The van der Waals surface area contributed by atoms with Crippen molar-refractivity contribution < 1.29 is 14.3 Å². The summed E-state index contributed by atoms with van der Waals surface area (Å²) >= 11 is 0. The molecule has 0 aromatic heterocycles. The largest absolute Gasteiger partial charge is 0.496 e. The fourth-order valence-electron chi connectivity index (χ4n) is 2.13. The zero-order chi connectivity index (χ0) is 15.2. The quantitative estimate of drug-likeness (QED) is 0.906. The van der Waals surface area contributed by atoms with E-state index in [1.54, 1.807) is 13.2 Å². The van der Waals surface area contributed by atoms with Gasteiger partial charge in [-0.25, -0.2) is 4.79 Å². The molecule has 0 spiro atoms. The summed E-state index contributed by atoms with van der Waals surface area (Å²) in [6.07, 6.45) is -0.533. The van der Waals surface area contributed by atoms with Crippen LogP contribution >= 0.6 is 0 Å². The van der Waals surface area contributed by atoms with E-state index in [4.69, 9.17) is 10.5 Å². The third-order valence-corrected chi connectivity index (χ3v) is 3.19. The molecular weight excluding hydrogens is 268 g/mol. The summed E-state index contributed by atoms with van der Waals surface area (Å²) in [5.74, 6) is 0.706. The minimum Gasteiger partial charge on any atom is -0.496 e. The van der Waals surface area contributed by atoms with Gasteiger partial charge < -0.3 is 15.2 Å². The van der Waals surface area contributed by atoms with E-state index in [0.717, 1.165) is 11.1 Å². The van der Waals surface area contributed by atoms with Crippen molar-refractivity contribution in [3.8, 4) is 5.75 Å². The number of carbonyl (C=O) groups is 1. The molecule has 0 fully saturated rings. The Morgan fingerprint density at radius 3 is 2.33 bits per heavy atom. The second-order valence-corrected chi connectivity index (χ2v) is 4.42. The molecule has 0 saturated carbocycles. The van der Waals surface area contributed by atoms with Crippen LogP contribution in [0.2, 0.25) is 0 Å². The summed E-state index contributed by atoms with van der Waals surface area (Å²) in [7, 11) is 2.92. The topological polar surface area (TPSA) is 73.6 Å². The van der Waals surface area contributed by atoms with Crippen LogP contribution in [0.1, 0.15) is 17.2 Å². The van der Waals surface area contributed by atoms with Crippen molar-refractivity contribution in [2.24, 2.45) is 5.73 Å². The normalized spacial score (nSPS) is 11.6. The van der Waals surface area contributed by atoms with Gasteiger partial charge in [0, 0.05) is 11.3 Å². The summed E-state index contributed by atoms with van der Waals surface area (Å²) < 4.78 is 9.96. The van der Waals surface area contributed by atoms with Crippen LogP contribution in [0.3, 0.4) is 0 Å². The Labute approximate surface area is 123 Å². The van der Waals surface area contributed by atoms with Gasteiger partial charge in [-0.05, 0) is 17.7 Å². The molecule has 3 N–H and O–H groups in total. The number of benzene rings is 2. The van der Waals surface area contributed by atoms with E-state index in [9.17, 15) is 4.79 Å².